The van der Waals surface area contributed by atoms with Crippen molar-refractivity contribution in [2.45, 2.75) is 39.2 Å². The molecule has 0 radical (unpaired) electrons. The highest BCUT2D eigenvalue weighted by Gasteiger charge is 2.37. The van der Waals surface area contributed by atoms with Crippen LogP contribution in [-0.4, -0.2) is 31.0 Å². The van der Waals surface area contributed by atoms with Crippen LogP contribution in [-0.2, 0) is 4.74 Å². The van der Waals surface area contributed by atoms with E-state index in [-0.39, 0.29) is 5.41 Å². The molecule has 0 aliphatic carbocycles. The number of rotatable bonds is 5. The van der Waals surface area contributed by atoms with Crippen LogP contribution in [0.1, 0.15) is 33.6 Å². The van der Waals surface area contributed by atoms with Crippen LogP contribution in [0.2, 0.25) is 0 Å². The van der Waals surface area contributed by atoms with E-state index in [0.717, 1.165) is 6.42 Å². The Kier molecular flexibility index (Phi) is 4.89. The summed E-state index contributed by atoms with van der Waals surface area (Å²) in [7, 11) is 1.67. The third kappa shape index (κ3) is 3.63. The summed E-state index contributed by atoms with van der Waals surface area (Å²) in [4.78, 5) is 0. The maximum absolute atomic E-state index is 10.2. The molecule has 80 valence electrons. The van der Waals surface area contributed by atoms with Crippen molar-refractivity contribution in [3.8, 4) is 0 Å². The quantitative estimate of drug-likeness (QED) is 0.638. The van der Waals surface area contributed by atoms with Gasteiger partial charge in [-0.15, -0.1) is 0 Å². The molecule has 1 atom stereocenters. The first-order valence-corrected chi connectivity index (χ1v) is 4.79. The molecule has 1 unspecified atom stereocenters. The van der Waals surface area contributed by atoms with Gasteiger partial charge in [-0.25, -0.2) is 0 Å². The van der Waals surface area contributed by atoms with E-state index in [1.165, 1.54) is 0 Å². The summed E-state index contributed by atoms with van der Waals surface area (Å²) in [6.07, 6.45) is 1.54. The highest BCUT2D eigenvalue weighted by atomic mass is 16.5. The number of nitrogens with two attached hydrogens (primary N) is 1. The molecule has 0 bridgehead atoms. The van der Waals surface area contributed by atoms with E-state index in [0.29, 0.717) is 19.6 Å². The number of hydrogen-bond donors (Lipinski definition) is 2. The van der Waals surface area contributed by atoms with Gasteiger partial charge in [-0.05, 0) is 18.3 Å². The predicted octanol–water partition coefficient (Wildman–Crippen LogP) is 1.15. The van der Waals surface area contributed by atoms with E-state index < -0.39 is 5.60 Å². The first-order chi connectivity index (χ1) is 5.87. The fraction of sp³-hybridized carbons (Fsp3) is 1.00. The van der Waals surface area contributed by atoms with Gasteiger partial charge in [0.15, 0.2) is 0 Å². The fourth-order valence-electron chi connectivity index (χ4n) is 1.29. The minimum absolute atomic E-state index is 0.171. The lowest BCUT2D eigenvalue weighted by Gasteiger charge is -2.39. The standard InChI is InChI=1S/C10H23NO2/c1-9(2,3)10(12,8-11)6-5-7-13-4/h12H,5-8,11H2,1-4H3. The third-order valence-corrected chi connectivity index (χ3v) is 2.67. The van der Waals surface area contributed by atoms with Crippen molar-refractivity contribution < 1.29 is 9.84 Å². The lowest BCUT2D eigenvalue weighted by atomic mass is 9.74. The highest BCUT2D eigenvalue weighted by Crippen LogP contribution is 2.33. The van der Waals surface area contributed by atoms with Crippen molar-refractivity contribution >= 4 is 0 Å². The van der Waals surface area contributed by atoms with Crippen LogP contribution in [0.15, 0.2) is 0 Å². The van der Waals surface area contributed by atoms with E-state index in [2.05, 4.69) is 0 Å². The Morgan fingerprint density at radius 2 is 1.85 bits per heavy atom. The summed E-state index contributed by atoms with van der Waals surface area (Å²) in [6, 6.07) is 0. The van der Waals surface area contributed by atoms with Crippen molar-refractivity contribution in [2.24, 2.45) is 11.1 Å². The van der Waals surface area contributed by atoms with Crippen LogP contribution in [0.5, 0.6) is 0 Å². The van der Waals surface area contributed by atoms with Crippen LogP contribution < -0.4 is 5.73 Å². The summed E-state index contributed by atoms with van der Waals surface area (Å²) in [5.41, 5.74) is 4.64. The molecule has 0 aliphatic heterocycles. The number of ether oxygens (including phenoxy) is 1. The monoisotopic (exact) mass is 189 g/mol. The van der Waals surface area contributed by atoms with E-state index in [9.17, 15) is 5.11 Å². The Balaban J connectivity index is 4.13. The van der Waals surface area contributed by atoms with E-state index >= 15 is 0 Å². The van der Waals surface area contributed by atoms with Crippen LogP contribution >= 0.6 is 0 Å². The second kappa shape index (κ2) is 4.94. The van der Waals surface area contributed by atoms with Gasteiger partial charge in [0.1, 0.15) is 0 Å². The summed E-state index contributed by atoms with van der Waals surface area (Å²) in [5, 5.41) is 10.2. The molecule has 3 N–H and O–H groups in total. The topological polar surface area (TPSA) is 55.5 Å². The first kappa shape index (κ1) is 12.9. The molecular weight excluding hydrogens is 166 g/mol. The van der Waals surface area contributed by atoms with Gasteiger partial charge in [-0.3, -0.25) is 0 Å². The second-order valence-corrected chi connectivity index (χ2v) is 4.58. The largest absolute Gasteiger partial charge is 0.388 e. The zero-order valence-corrected chi connectivity index (χ0v) is 9.26. The molecule has 0 aromatic heterocycles. The average Bonchev–Trinajstić information content (AvgIpc) is 2.02. The van der Waals surface area contributed by atoms with Gasteiger partial charge in [0.25, 0.3) is 0 Å². The maximum atomic E-state index is 10.2. The molecule has 0 rings (SSSR count). The van der Waals surface area contributed by atoms with Crippen LogP contribution in [0.4, 0.5) is 0 Å². The lowest BCUT2D eigenvalue weighted by molar-refractivity contribution is -0.0606. The predicted molar refractivity (Wildman–Crippen MR) is 54.6 cm³/mol. The Bertz CT molecular complexity index is 142. The molecule has 0 aromatic carbocycles. The van der Waals surface area contributed by atoms with Crippen LogP contribution in [0.3, 0.4) is 0 Å². The molecule has 3 heteroatoms. The minimum Gasteiger partial charge on any atom is -0.388 e. The summed E-state index contributed by atoms with van der Waals surface area (Å²) in [5.74, 6) is 0. The number of methoxy groups -OCH3 is 1. The number of hydrogen-bond acceptors (Lipinski definition) is 3. The Morgan fingerprint density at radius 3 is 2.15 bits per heavy atom. The normalized spacial score (nSPS) is 17.1. The van der Waals surface area contributed by atoms with Gasteiger partial charge >= 0.3 is 0 Å². The van der Waals surface area contributed by atoms with E-state index in [4.69, 9.17) is 10.5 Å². The van der Waals surface area contributed by atoms with Crippen molar-refractivity contribution in [1.82, 2.24) is 0 Å². The van der Waals surface area contributed by atoms with Gasteiger partial charge in [-0.1, -0.05) is 20.8 Å². The molecule has 0 aromatic rings. The zero-order chi connectivity index (χ0) is 10.5. The Labute approximate surface area is 81.3 Å². The zero-order valence-electron chi connectivity index (χ0n) is 9.26. The highest BCUT2D eigenvalue weighted by molar-refractivity contribution is 4.91. The van der Waals surface area contributed by atoms with Gasteiger partial charge in [0.2, 0.25) is 0 Å². The molecule has 0 fully saturated rings. The molecular formula is C10H23NO2. The lowest BCUT2D eigenvalue weighted by Crippen LogP contribution is -2.49. The summed E-state index contributed by atoms with van der Waals surface area (Å²) < 4.78 is 4.94. The van der Waals surface area contributed by atoms with Crippen molar-refractivity contribution in [3.05, 3.63) is 0 Å². The Hall–Kier alpha value is -0.120. The summed E-state index contributed by atoms with van der Waals surface area (Å²) >= 11 is 0. The first-order valence-electron chi connectivity index (χ1n) is 4.79. The molecule has 13 heavy (non-hydrogen) atoms. The van der Waals surface area contributed by atoms with Gasteiger partial charge in [-0.2, -0.15) is 0 Å². The van der Waals surface area contributed by atoms with Crippen LogP contribution in [0.25, 0.3) is 0 Å². The van der Waals surface area contributed by atoms with Crippen molar-refractivity contribution in [3.63, 3.8) is 0 Å². The fourth-order valence-corrected chi connectivity index (χ4v) is 1.29. The van der Waals surface area contributed by atoms with Crippen molar-refractivity contribution in [1.29, 1.82) is 0 Å². The second-order valence-electron chi connectivity index (χ2n) is 4.58. The molecule has 0 heterocycles. The van der Waals surface area contributed by atoms with Gasteiger partial charge in [0.05, 0.1) is 5.60 Å². The SMILES string of the molecule is COCCCC(O)(CN)C(C)(C)C. The summed E-state index contributed by atoms with van der Waals surface area (Å²) in [6.45, 7) is 7.00. The smallest absolute Gasteiger partial charge is 0.0818 e. The van der Waals surface area contributed by atoms with E-state index in [1.807, 2.05) is 20.8 Å². The van der Waals surface area contributed by atoms with Gasteiger partial charge < -0.3 is 15.6 Å². The number of aliphatic hydroxyl groups is 1. The average molecular weight is 189 g/mol. The molecule has 0 saturated heterocycles. The molecule has 3 nitrogen and oxygen atoms in total. The molecule has 0 saturated carbocycles. The Morgan fingerprint density at radius 1 is 1.31 bits per heavy atom. The maximum Gasteiger partial charge on any atom is 0.0818 e. The van der Waals surface area contributed by atoms with E-state index in [1.54, 1.807) is 7.11 Å². The molecule has 0 aliphatic rings. The minimum atomic E-state index is -0.772. The molecule has 0 spiro atoms. The van der Waals surface area contributed by atoms with Crippen molar-refractivity contribution in [2.75, 3.05) is 20.3 Å². The van der Waals surface area contributed by atoms with Crippen LogP contribution in [0, 0.1) is 5.41 Å². The van der Waals surface area contributed by atoms with Gasteiger partial charge in [0, 0.05) is 20.3 Å². The molecule has 0 amide bonds. The third-order valence-electron chi connectivity index (χ3n) is 2.67.